The first kappa shape index (κ1) is 11.8. The van der Waals surface area contributed by atoms with E-state index in [1.54, 1.807) is 11.0 Å². The largest absolute Gasteiger partial charge is 0.377 e. The summed E-state index contributed by atoms with van der Waals surface area (Å²) in [6.07, 6.45) is 0. The molecule has 1 aliphatic rings. The van der Waals surface area contributed by atoms with E-state index in [4.69, 9.17) is 10.00 Å². The maximum Gasteiger partial charge on any atom is 0.183 e. The van der Waals surface area contributed by atoms with Crippen molar-refractivity contribution in [3.05, 3.63) is 29.3 Å². The molecule has 1 aromatic carbocycles. The zero-order valence-corrected chi connectivity index (χ0v) is 9.41. The molecule has 90 valence electrons. The SMILES string of the molecule is CC1COCCN1c1ccc(C#N)c(F)c1F. The van der Waals surface area contributed by atoms with Gasteiger partial charge in [0.05, 0.1) is 24.5 Å². The molecular formula is C12H12F2N2O. The fourth-order valence-electron chi connectivity index (χ4n) is 1.93. The second-order valence-electron chi connectivity index (χ2n) is 3.99. The van der Waals surface area contributed by atoms with Crippen LogP contribution in [-0.2, 0) is 4.74 Å². The minimum atomic E-state index is -1.08. The van der Waals surface area contributed by atoms with E-state index in [2.05, 4.69) is 0 Å². The average Bonchev–Trinajstić information content (AvgIpc) is 2.34. The van der Waals surface area contributed by atoms with Gasteiger partial charge >= 0.3 is 0 Å². The molecule has 1 fully saturated rings. The molecule has 0 spiro atoms. The Morgan fingerprint density at radius 2 is 2.18 bits per heavy atom. The van der Waals surface area contributed by atoms with E-state index in [0.717, 1.165) is 0 Å². The van der Waals surface area contributed by atoms with Crippen LogP contribution in [0.1, 0.15) is 12.5 Å². The number of hydrogen-bond acceptors (Lipinski definition) is 3. The van der Waals surface area contributed by atoms with E-state index in [-0.39, 0.29) is 17.3 Å². The molecule has 0 amide bonds. The maximum absolute atomic E-state index is 13.8. The normalized spacial score (nSPS) is 20.1. The van der Waals surface area contributed by atoms with E-state index < -0.39 is 11.6 Å². The fraction of sp³-hybridized carbons (Fsp3) is 0.417. The Bertz CT molecular complexity index is 470. The molecule has 1 saturated heterocycles. The van der Waals surface area contributed by atoms with Gasteiger partial charge in [-0.1, -0.05) is 0 Å². The molecule has 5 heteroatoms. The number of halogens is 2. The molecule has 1 aliphatic heterocycles. The van der Waals surface area contributed by atoms with Gasteiger partial charge in [0.25, 0.3) is 0 Å². The summed E-state index contributed by atoms with van der Waals surface area (Å²) in [7, 11) is 0. The molecule has 3 nitrogen and oxygen atoms in total. The second-order valence-corrected chi connectivity index (χ2v) is 3.99. The highest BCUT2D eigenvalue weighted by atomic mass is 19.2. The van der Waals surface area contributed by atoms with E-state index >= 15 is 0 Å². The number of hydrogen-bond donors (Lipinski definition) is 0. The van der Waals surface area contributed by atoms with Gasteiger partial charge in [0, 0.05) is 12.6 Å². The van der Waals surface area contributed by atoms with Crippen LogP contribution in [0.5, 0.6) is 0 Å². The molecule has 1 heterocycles. The smallest absolute Gasteiger partial charge is 0.183 e. The zero-order chi connectivity index (χ0) is 12.4. The Balaban J connectivity index is 2.39. The summed E-state index contributed by atoms with van der Waals surface area (Å²) < 4.78 is 32.5. The van der Waals surface area contributed by atoms with E-state index in [1.165, 1.54) is 12.1 Å². The van der Waals surface area contributed by atoms with Crippen molar-refractivity contribution in [3.63, 3.8) is 0 Å². The lowest BCUT2D eigenvalue weighted by Crippen LogP contribution is -2.44. The first-order valence-corrected chi connectivity index (χ1v) is 5.37. The molecule has 0 N–H and O–H groups in total. The van der Waals surface area contributed by atoms with Crippen LogP contribution in [0, 0.1) is 23.0 Å². The number of benzene rings is 1. The van der Waals surface area contributed by atoms with Crippen LogP contribution in [0.4, 0.5) is 14.5 Å². The van der Waals surface area contributed by atoms with Crippen LogP contribution in [0.15, 0.2) is 12.1 Å². The third-order valence-electron chi connectivity index (χ3n) is 2.86. The monoisotopic (exact) mass is 238 g/mol. The summed E-state index contributed by atoms with van der Waals surface area (Å²) in [4.78, 5) is 1.75. The lowest BCUT2D eigenvalue weighted by Gasteiger charge is -2.35. The second kappa shape index (κ2) is 4.68. The summed E-state index contributed by atoms with van der Waals surface area (Å²) in [5.74, 6) is -2.04. The molecule has 0 saturated carbocycles. The molecule has 0 radical (unpaired) electrons. The fourth-order valence-corrected chi connectivity index (χ4v) is 1.93. The van der Waals surface area contributed by atoms with Crippen molar-refractivity contribution in [2.24, 2.45) is 0 Å². The van der Waals surface area contributed by atoms with Gasteiger partial charge in [-0.25, -0.2) is 8.78 Å². The Morgan fingerprint density at radius 3 is 2.82 bits per heavy atom. The van der Waals surface area contributed by atoms with E-state index in [1.807, 2.05) is 6.92 Å². The van der Waals surface area contributed by atoms with Crippen LogP contribution in [-0.4, -0.2) is 25.8 Å². The molecule has 1 aromatic rings. The standard InChI is InChI=1S/C12H12F2N2O/c1-8-7-17-5-4-16(8)10-3-2-9(6-15)11(13)12(10)14/h2-3,8H,4-5,7H2,1H3. The number of anilines is 1. The Labute approximate surface area is 98.2 Å². The molecule has 1 atom stereocenters. The van der Waals surface area contributed by atoms with Gasteiger partial charge < -0.3 is 9.64 Å². The van der Waals surface area contributed by atoms with Gasteiger partial charge in [0.2, 0.25) is 0 Å². The third-order valence-corrected chi connectivity index (χ3v) is 2.86. The van der Waals surface area contributed by atoms with Crippen LogP contribution < -0.4 is 4.90 Å². The number of morpholine rings is 1. The highest BCUT2D eigenvalue weighted by Gasteiger charge is 2.24. The van der Waals surface area contributed by atoms with Crippen LogP contribution in [0.25, 0.3) is 0 Å². The van der Waals surface area contributed by atoms with Crippen LogP contribution in [0.3, 0.4) is 0 Å². The molecule has 0 aromatic heterocycles. The Kier molecular flexibility index (Phi) is 3.25. The van der Waals surface area contributed by atoms with Crippen molar-refractivity contribution >= 4 is 5.69 Å². The maximum atomic E-state index is 13.8. The number of rotatable bonds is 1. The van der Waals surface area contributed by atoms with Gasteiger partial charge in [-0.15, -0.1) is 0 Å². The van der Waals surface area contributed by atoms with Gasteiger partial charge in [0.1, 0.15) is 6.07 Å². The summed E-state index contributed by atoms with van der Waals surface area (Å²) in [5, 5.41) is 8.61. The molecule has 0 aliphatic carbocycles. The summed E-state index contributed by atoms with van der Waals surface area (Å²) in [6, 6.07) is 4.36. The molecule has 17 heavy (non-hydrogen) atoms. The Hall–Kier alpha value is -1.67. The topological polar surface area (TPSA) is 36.3 Å². The average molecular weight is 238 g/mol. The van der Waals surface area contributed by atoms with Crippen molar-refractivity contribution in [3.8, 4) is 6.07 Å². The highest BCUT2D eigenvalue weighted by molar-refractivity contribution is 5.53. The number of nitriles is 1. The third kappa shape index (κ3) is 2.08. The predicted octanol–water partition coefficient (Wildman–Crippen LogP) is 2.06. The van der Waals surface area contributed by atoms with Gasteiger partial charge in [-0.3, -0.25) is 0 Å². The Morgan fingerprint density at radius 1 is 1.41 bits per heavy atom. The highest BCUT2D eigenvalue weighted by Crippen LogP contribution is 2.26. The van der Waals surface area contributed by atoms with E-state index in [0.29, 0.717) is 19.8 Å². The zero-order valence-electron chi connectivity index (χ0n) is 9.41. The summed E-state index contributed by atoms with van der Waals surface area (Å²) in [5.41, 5.74) is -0.0792. The minimum Gasteiger partial charge on any atom is -0.377 e. The first-order chi connectivity index (χ1) is 8.15. The lowest BCUT2D eigenvalue weighted by molar-refractivity contribution is 0.0985. The molecule has 0 bridgehead atoms. The van der Waals surface area contributed by atoms with Crippen LogP contribution >= 0.6 is 0 Å². The van der Waals surface area contributed by atoms with Crippen LogP contribution in [0.2, 0.25) is 0 Å². The minimum absolute atomic E-state index is 0.00872. The quantitative estimate of drug-likeness (QED) is 0.751. The summed E-state index contributed by atoms with van der Waals surface area (Å²) >= 11 is 0. The summed E-state index contributed by atoms with van der Waals surface area (Å²) in [6.45, 7) is 3.38. The van der Waals surface area contributed by atoms with Gasteiger partial charge in [0.15, 0.2) is 11.6 Å². The number of nitrogens with zero attached hydrogens (tertiary/aromatic N) is 2. The van der Waals surface area contributed by atoms with E-state index in [9.17, 15) is 8.78 Å². The van der Waals surface area contributed by atoms with Gasteiger partial charge in [-0.2, -0.15) is 5.26 Å². The molecule has 1 unspecified atom stereocenters. The van der Waals surface area contributed by atoms with Gasteiger partial charge in [-0.05, 0) is 19.1 Å². The molecule has 2 rings (SSSR count). The first-order valence-electron chi connectivity index (χ1n) is 5.37. The van der Waals surface area contributed by atoms with Crippen molar-refractivity contribution < 1.29 is 13.5 Å². The van der Waals surface area contributed by atoms with Crippen molar-refractivity contribution in [2.45, 2.75) is 13.0 Å². The predicted molar refractivity (Wildman–Crippen MR) is 58.7 cm³/mol. The van der Waals surface area contributed by atoms with Crippen molar-refractivity contribution in [1.29, 1.82) is 5.26 Å². The van der Waals surface area contributed by atoms with Crippen molar-refractivity contribution in [2.75, 3.05) is 24.7 Å². The van der Waals surface area contributed by atoms with Crippen molar-refractivity contribution in [1.82, 2.24) is 0 Å². The lowest BCUT2D eigenvalue weighted by atomic mass is 10.1. The molecular weight excluding hydrogens is 226 g/mol. The number of ether oxygens (including phenoxy) is 1.